The maximum atomic E-state index is 13.6. The van der Waals surface area contributed by atoms with Crippen LogP contribution < -0.4 is 4.31 Å². The van der Waals surface area contributed by atoms with Gasteiger partial charge in [0.1, 0.15) is 5.60 Å². The Labute approximate surface area is 182 Å². The van der Waals surface area contributed by atoms with Crippen LogP contribution in [0.4, 0.5) is 5.69 Å². The molecule has 0 bridgehead atoms. The van der Waals surface area contributed by atoms with E-state index in [1.165, 1.54) is 31.4 Å². The Balaban J connectivity index is 2.22. The lowest BCUT2D eigenvalue weighted by Crippen LogP contribution is -2.52. The van der Waals surface area contributed by atoms with Gasteiger partial charge in [-0.1, -0.05) is 55.5 Å². The van der Waals surface area contributed by atoms with Gasteiger partial charge < -0.3 is 9.84 Å². The van der Waals surface area contributed by atoms with Gasteiger partial charge in [-0.2, -0.15) is 0 Å². The summed E-state index contributed by atoms with van der Waals surface area (Å²) in [5.41, 5.74) is -0.296. The number of ether oxygens (including phenoxy) is 1. The summed E-state index contributed by atoms with van der Waals surface area (Å²) in [7, 11) is -2.98. The minimum Gasteiger partial charge on any atom is -0.467 e. The molecule has 2 unspecified atom stereocenters. The highest BCUT2D eigenvalue weighted by molar-refractivity contribution is 7.93. The number of benzene rings is 2. The molecule has 162 valence electrons. The fraction of sp³-hybridized carbons (Fsp3) is 0.409. The zero-order valence-electron chi connectivity index (χ0n) is 17.3. The lowest BCUT2D eigenvalue weighted by molar-refractivity contribution is -0.148. The Morgan fingerprint density at radius 1 is 1.20 bits per heavy atom. The van der Waals surface area contributed by atoms with E-state index in [2.05, 4.69) is 0 Å². The first-order valence-electron chi connectivity index (χ1n) is 9.88. The Kier molecular flexibility index (Phi) is 6.45. The van der Waals surface area contributed by atoms with E-state index in [9.17, 15) is 18.3 Å². The van der Waals surface area contributed by atoms with Gasteiger partial charge in [0.05, 0.1) is 17.7 Å². The minimum absolute atomic E-state index is 0.0284. The molecule has 1 aliphatic rings. The van der Waals surface area contributed by atoms with Gasteiger partial charge in [0.2, 0.25) is 0 Å². The topological polar surface area (TPSA) is 83.9 Å². The number of methoxy groups -OCH3 is 1. The molecule has 0 saturated carbocycles. The molecule has 0 fully saturated rings. The van der Waals surface area contributed by atoms with Crippen LogP contribution in [0.1, 0.15) is 43.7 Å². The van der Waals surface area contributed by atoms with Crippen LogP contribution in [0.2, 0.25) is 5.02 Å². The molecule has 0 spiro atoms. The molecule has 0 aliphatic carbocycles. The summed E-state index contributed by atoms with van der Waals surface area (Å²) in [6.07, 6.45) is 2.56. The smallest absolute Gasteiger partial charge is 0.333 e. The van der Waals surface area contributed by atoms with Crippen molar-refractivity contribution in [1.29, 1.82) is 0 Å². The van der Waals surface area contributed by atoms with E-state index < -0.39 is 27.6 Å². The second kappa shape index (κ2) is 8.57. The number of aryl methyl sites for hydroxylation is 1. The summed E-state index contributed by atoms with van der Waals surface area (Å²) in [5, 5.41) is 12.1. The molecule has 30 heavy (non-hydrogen) atoms. The van der Waals surface area contributed by atoms with Crippen molar-refractivity contribution in [3.63, 3.8) is 0 Å². The van der Waals surface area contributed by atoms with E-state index in [1.54, 1.807) is 18.2 Å². The molecule has 6 nitrogen and oxygen atoms in total. The molecule has 1 aliphatic heterocycles. The summed E-state index contributed by atoms with van der Waals surface area (Å²) < 4.78 is 33.2. The van der Waals surface area contributed by atoms with Gasteiger partial charge in [-0.15, -0.1) is 0 Å². The second-order valence-electron chi connectivity index (χ2n) is 7.58. The van der Waals surface area contributed by atoms with Crippen molar-refractivity contribution >= 4 is 33.3 Å². The first-order chi connectivity index (χ1) is 14.2. The van der Waals surface area contributed by atoms with Crippen LogP contribution in [0.3, 0.4) is 0 Å². The van der Waals surface area contributed by atoms with E-state index in [0.717, 1.165) is 22.7 Å². The third-order valence-electron chi connectivity index (χ3n) is 5.51. The minimum atomic E-state index is -4.16. The monoisotopic (exact) mass is 451 g/mol. The number of hydrogen-bond donors (Lipinski definition) is 1. The summed E-state index contributed by atoms with van der Waals surface area (Å²) in [5.74, 6) is -0.822. The number of sulfonamides is 1. The number of carbonyl (C=O) groups is 1. The lowest BCUT2D eigenvalue weighted by atomic mass is 9.84. The van der Waals surface area contributed by atoms with Crippen molar-refractivity contribution in [2.45, 2.75) is 56.1 Å². The van der Waals surface area contributed by atoms with Crippen LogP contribution in [0.5, 0.6) is 0 Å². The average Bonchev–Trinajstić information content (AvgIpc) is 2.97. The van der Waals surface area contributed by atoms with E-state index in [1.807, 2.05) is 13.8 Å². The number of aliphatic hydroxyl groups is 1. The number of halogens is 1. The molecule has 2 aromatic rings. The number of fused-ring (bicyclic) bond motifs is 1. The molecule has 0 amide bonds. The van der Waals surface area contributed by atoms with Gasteiger partial charge in [0, 0.05) is 10.6 Å². The van der Waals surface area contributed by atoms with Crippen molar-refractivity contribution in [1.82, 2.24) is 0 Å². The van der Waals surface area contributed by atoms with Crippen molar-refractivity contribution in [2.75, 3.05) is 11.4 Å². The number of unbranched alkanes of at least 4 members (excludes halogenated alkanes) is 2. The third-order valence-corrected chi connectivity index (χ3v) is 7.54. The summed E-state index contributed by atoms with van der Waals surface area (Å²) in [4.78, 5) is 12.9. The van der Waals surface area contributed by atoms with Crippen LogP contribution in [0.25, 0.3) is 0 Å². The van der Waals surface area contributed by atoms with E-state index in [0.29, 0.717) is 17.0 Å². The van der Waals surface area contributed by atoms with Gasteiger partial charge in [-0.05, 0) is 43.7 Å². The zero-order chi connectivity index (χ0) is 22.1. The van der Waals surface area contributed by atoms with Crippen LogP contribution >= 0.6 is 11.6 Å². The normalized spacial score (nSPS) is 20.8. The summed E-state index contributed by atoms with van der Waals surface area (Å²) in [6.45, 7) is 3.88. The van der Waals surface area contributed by atoms with Crippen LogP contribution in [0.15, 0.2) is 47.4 Å². The molecule has 2 atom stereocenters. The Morgan fingerprint density at radius 3 is 2.47 bits per heavy atom. The Morgan fingerprint density at radius 2 is 1.87 bits per heavy atom. The number of nitrogens with zero attached hydrogens (tertiary/aromatic N) is 1. The second-order valence-corrected chi connectivity index (χ2v) is 9.83. The Bertz CT molecular complexity index is 1040. The summed E-state index contributed by atoms with van der Waals surface area (Å²) >= 11 is 6.17. The molecule has 2 aromatic carbocycles. The maximum absolute atomic E-state index is 13.6. The first kappa shape index (κ1) is 22.6. The largest absolute Gasteiger partial charge is 0.467 e. The van der Waals surface area contributed by atoms with Crippen LogP contribution in [-0.4, -0.2) is 32.6 Å². The molecule has 1 heterocycles. The van der Waals surface area contributed by atoms with Gasteiger partial charge in [-0.3, -0.25) is 0 Å². The molecule has 0 saturated heterocycles. The molecule has 0 radical (unpaired) electrons. The molecule has 1 N–H and O–H groups in total. The Hall–Kier alpha value is -2.09. The third kappa shape index (κ3) is 3.82. The van der Waals surface area contributed by atoms with Crippen LogP contribution in [-0.2, 0) is 25.2 Å². The average molecular weight is 452 g/mol. The predicted molar refractivity (Wildman–Crippen MR) is 116 cm³/mol. The number of esters is 1. The van der Waals surface area contributed by atoms with Gasteiger partial charge >= 0.3 is 5.97 Å². The molecular weight excluding hydrogens is 426 g/mol. The number of anilines is 1. The number of carbonyl (C=O) groups excluding carboxylic acids is 1. The quantitative estimate of drug-likeness (QED) is 0.504. The van der Waals surface area contributed by atoms with Gasteiger partial charge in [0.25, 0.3) is 10.0 Å². The van der Waals surface area contributed by atoms with Crippen LogP contribution in [0, 0.1) is 6.92 Å². The summed E-state index contributed by atoms with van der Waals surface area (Å²) in [6, 6.07) is 9.51. The van der Waals surface area contributed by atoms with Gasteiger partial charge in [0.15, 0.2) is 6.04 Å². The fourth-order valence-corrected chi connectivity index (χ4v) is 5.77. The molecule has 3 rings (SSSR count). The van der Waals surface area contributed by atoms with E-state index >= 15 is 0 Å². The highest BCUT2D eigenvalue weighted by Gasteiger charge is 2.58. The molecule has 8 heteroatoms. The fourth-order valence-electron chi connectivity index (χ4n) is 3.94. The highest BCUT2D eigenvalue weighted by atomic mass is 35.5. The highest BCUT2D eigenvalue weighted by Crippen LogP contribution is 2.50. The maximum Gasteiger partial charge on any atom is 0.333 e. The molecule has 0 aromatic heterocycles. The number of hydrogen-bond acceptors (Lipinski definition) is 5. The first-order valence-corrected chi connectivity index (χ1v) is 11.7. The van der Waals surface area contributed by atoms with Crippen molar-refractivity contribution in [3.8, 4) is 0 Å². The van der Waals surface area contributed by atoms with Crippen molar-refractivity contribution in [3.05, 3.63) is 58.6 Å². The lowest BCUT2D eigenvalue weighted by Gasteiger charge is -2.33. The van der Waals surface area contributed by atoms with E-state index in [-0.39, 0.29) is 17.0 Å². The number of rotatable bonds is 7. The molecular formula is C22H26ClNO5S. The van der Waals surface area contributed by atoms with Crippen molar-refractivity contribution in [2.24, 2.45) is 0 Å². The standard InChI is InChI=1S/C22H26ClNO5S/c1-4-5-6-13-22(26)18-14-16(23)9-12-19(18)24(20(22)21(25)29-3)30(27,28)17-10-7-15(2)8-11-17/h7-12,14,20,26H,4-6,13H2,1-3H3. The SMILES string of the molecule is CCCCCC1(O)c2cc(Cl)ccc2N(S(=O)(=O)c2ccc(C)cc2)C1C(=O)OC. The van der Waals surface area contributed by atoms with Gasteiger partial charge in [-0.25, -0.2) is 17.5 Å². The zero-order valence-corrected chi connectivity index (χ0v) is 18.8. The predicted octanol–water partition coefficient (Wildman–Crippen LogP) is 4.17. The van der Waals surface area contributed by atoms with Crippen molar-refractivity contribution < 1.29 is 23.1 Å². The van der Waals surface area contributed by atoms with E-state index in [4.69, 9.17) is 16.3 Å².